The Morgan fingerprint density at radius 3 is 1.80 bits per heavy atom. The summed E-state index contributed by atoms with van der Waals surface area (Å²) < 4.78 is 0.199. The first kappa shape index (κ1) is 5.19. The van der Waals surface area contributed by atoms with Gasteiger partial charge in [-0.2, -0.15) is 5.26 Å². The van der Waals surface area contributed by atoms with Crippen molar-refractivity contribution in [1.82, 2.24) is 0 Å². The van der Waals surface area contributed by atoms with Gasteiger partial charge in [0.25, 0.3) is 0 Å². The second-order valence-electron chi connectivity index (χ2n) is 0.435. The average Bonchev–Trinajstić information content (AvgIpc) is 1.38. The summed E-state index contributed by atoms with van der Waals surface area (Å²) in [5.74, 6) is 0. The summed E-state index contributed by atoms with van der Waals surface area (Å²) >= 11 is 7.04. The summed E-state index contributed by atoms with van der Waals surface area (Å²) in [7, 11) is 0. The summed E-state index contributed by atoms with van der Waals surface area (Å²) in [5.41, 5.74) is 0. The minimum Gasteiger partial charge on any atom is -0.196 e. The maximum absolute atomic E-state index is 7.70. The van der Waals surface area contributed by atoms with Crippen molar-refractivity contribution in [1.29, 1.82) is 5.26 Å². The second-order valence-corrected chi connectivity index (χ2v) is 1.68. The zero-order valence-corrected chi connectivity index (χ0v) is 4.13. The molecule has 27 valence electrons. The maximum atomic E-state index is 7.70. The van der Waals surface area contributed by atoms with Crippen molar-refractivity contribution in [3.05, 3.63) is 4.58 Å². The molecule has 1 nitrogen and oxygen atoms in total. The number of hydrogen-bond acceptors (Lipinski definition) is 3. The van der Waals surface area contributed by atoms with Gasteiger partial charge in [-0.3, -0.25) is 0 Å². The predicted molar refractivity (Wildman–Crippen MR) is 26.8 cm³/mol. The van der Waals surface area contributed by atoms with Gasteiger partial charge in [0.15, 0.2) is 4.58 Å². The molecular weight excluding hydrogens is 102 g/mol. The van der Waals surface area contributed by atoms with Crippen LogP contribution in [0.25, 0.3) is 0 Å². The molecule has 0 atom stereocenters. The Hall–Kier alpha value is 0.190. The highest BCUT2D eigenvalue weighted by molar-refractivity contribution is 8.03. The van der Waals surface area contributed by atoms with E-state index in [9.17, 15) is 0 Å². The fourth-order valence-corrected chi connectivity index (χ4v) is 0. The first-order chi connectivity index (χ1) is 2.27. The Morgan fingerprint density at radius 2 is 1.80 bits per heavy atom. The van der Waals surface area contributed by atoms with Crippen molar-refractivity contribution >= 4 is 25.3 Å². The predicted octanol–water partition coefficient (Wildman–Crippen LogP) is 0.859. The Kier molecular flexibility index (Phi) is 2.52. The van der Waals surface area contributed by atoms with E-state index in [0.717, 1.165) is 0 Å². The highest BCUT2D eigenvalue weighted by atomic mass is 32.2. The van der Waals surface area contributed by atoms with E-state index in [1.165, 1.54) is 0 Å². The fourth-order valence-electron chi connectivity index (χ4n) is 0. The molecule has 0 aliphatic rings. The molecule has 0 spiro atoms. The van der Waals surface area contributed by atoms with Crippen LogP contribution >= 0.6 is 25.3 Å². The molecule has 0 aromatic rings. The van der Waals surface area contributed by atoms with Crippen molar-refractivity contribution < 1.29 is 0 Å². The zero-order chi connectivity index (χ0) is 4.28. The van der Waals surface area contributed by atoms with E-state index in [4.69, 9.17) is 5.26 Å². The van der Waals surface area contributed by atoms with Crippen LogP contribution in [-0.2, 0) is 0 Å². The van der Waals surface area contributed by atoms with E-state index < -0.39 is 0 Å². The van der Waals surface area contributed by atoms with Gasteiger partial charge in [0.05, 0.1) is 6.07 Å². The Labute approximate surface area is 41.8 Å². The van der Waals surface area contributed by atoms with E-state index >= 15 is 0 Å². The molecule has 0 saturated carbocycles. The minimum atomic E-state index is 0.199. The van der Waals surface area contributed by atoms with Gasteiger partial charge in [0.2, 0.25) is 0 Å². The number of rotatable bonds is 0. The smallest absolute Gasteiger partial charge is 0.179 e. The van der Waals surface area contributed by atoms with Gasteiger partial charge in [-0.05, 0) is 0 Å². The van der Waals surface area contributed by atoms with Crippen LogP contribution < -0.4 is 0 Å². The van der Waals surface area contributed by atoms with E-state index in [-0.39, 0.29) is 4.58 Å². The van der Waals surface area contributed by atoms with E-state index in [1.54, 1.807) is 6.07 Å². The lowest BCUT2D eigenvalue weighted by Crippen LogP contribution is -1.56. The van der Waals surface area contributed by atoms with Crippen LogP contribution in [0.15, 0.2) is 0 Å². The maximum Gasteiger partial charge on any atom is 0.179 e. The van der Waals surface area contributed by atoms with Gasteiger partial charge in [-0.25, -0.2) is 0 Å². The van der Waals surface area contributed by atoms with E-state index in [2.05, 4.69) is 25.3 Å². The molecule has 0 fully saturated rings. The number of nitriles is 1. The molecule has 0 saturated heterocycles. The topological polar surface area (TPSA) is 23.8 Å². The molecule has 0 N–H and O–H groups in total. The minimum absolute atomic E-state index is 0.199. The van der Waals surface area contributed by atoms with Crippen molar-refractivity contribution in [2.75, 3.05) is 0 Å². The summed E-state index contributed by atoms with van der Waals surface area (Å²) in [4.78, 5) is 0. The number of thiol groups is 2. The Balaban J connectivity index is 2.94. The van der Waals surface area contributed by atoms with Crippen LogP contribution in [0.1, 0.15) is 0 Å². The molecule has 0 rings (SSSR count). The Bertz CT molecular complexity index is 53.2. The van der Waals surface area contributed by atoms with Crippen LogP contribution in [0, 0.1) is 15.9 Å². The first-order valence-corrected chi connectivity index (χ1v) is 1.82. The quantitative estimate of drug-likeness (QED) is 0.437. The SMILES string of the molecule is N#C[C](S)S. The van der Waals surface area contributed by atoms with Gasteiger partial charge in [-0.1, -0.05) is 0 Å². The molecule has 0 amide bonds. The third-order valence-corrected chi connectivity index (χ3v) is 0.300. The molecule has 0 aromatic carbocycles. The number of nitrogens with zero attached hydrogens (tertiary/aromatic N) is 1. The highest BCUT2D eigenvalue weighted by Crippen LogP contribution is 2.05. The molecule has 0 unspecified atom stereocenters. The monoisotopic (exact) mass is 104 g/mol. The normalized spacial score (nSPS) is 7.60. The molecule has 3 heteroatoms. The molecule has 0 bridgehead atoms. The fraction of sp³-hybridized carbons (Fsp3) is 0. The molecular formula is C2H2NS2. The molecule has 0 heterocycles. The summed E-state index contributed by atoms with van der Waals surface area (Å²) in [6.45, 7) is 0. The highest BCUT2D eigenvalue weighted by Gasteiger charge is 1.83. The largest absolute Gasteiger partial charge is 0.196 e. The van der Waals surface area contributed by atoms with Gasteiger partial charge < -0.3 is 0 Å². The van der Waals surface area contributed by atoms with Gasteiger partial charge in [0.1, 0.15) is 0 Å². The van der Waals surface area contributed by atoms with Gasteiger partial charge in [-0.15, -0.1) is 25.3 Å². The molecule has 1 radical (unpaired) electrons. The summed E-state index contributed by atoms with van der Waals surface area (Å²) in [6, 6.07) is 1.67. The van der Waals surface area contributed by atoms with Crippen LogP contribution in [0.5, 0.6) is 0 Å². The van der Waals surface area contributed by atoms with Gasteiger partial charge in [0, 0.05) is 0 Å². The van der Waals surface area contributed by atoms with E-state index in [1.807, 2.05) is 0 Å². The van der Waals surface area contributed by atoms with Crippen LogP contribution in [0.4, 0.5) is 0 Å². The lowest BCUT2D eigenvalue weighted by Gasteiger charge is -1.72. The second kappa shape index (κ2) is 2.43. The Morgan fingerprint density at radius 1 is 1.60 bits per heavy atom. The third kappa shape index (κ3) is 4.19. The molecule has 0 aliphatic carbocycles. The molecule has 0 aliphatic heterocycles. The zero-order valence-electron chi connectivity index (χ0n) is 2.34. The van der Waals surface area contributed by atoms with Crippen LogP contribution in [0.2, 0.25) is 0 Å². The van der Waals surface area contributed by atoms with Gasteiger partial charge >= 0.3 is 0 Å². The van der Waals surface area contributed by atoms with E-state index in [0.29, 0.717) is 0 Å². The lowest BCUT2D eigenvalue weighted by atomic mass is 10.9. The van der Waals surface area contributed by atoms with Crippen molar-refractivity contribution in [2.45, 2.75) is 0 Å². The van der Waals surface area contributed by atoms with Crippen LogP contribution in [0.3, 0.4) is 0 Å². The standard InChI is InChI=1S/C2H2NS2/c3-1-2(4)5/h4-5H. The average molecular weight is 104 g/mol. The van der Waals surface area contributed by atoms with Crippen LogP contribution in [-0.4, -0.2) is 0 Å². The first-order valence-electron chi connectivity index (χ1n) is 0.921. The molecule has 0 aromatic heterocycles. The van der Waals surface area contributed by atoms with Crippen molar-refractivity contribution in [2.24, 2.45) is 0 Å². The van der Waals surface area contributed by atoms with Crippen molar-refractivity contribution in [3.63, 3.8) is 0 Å². The summed E-state index contributed by atoms with van der Waals surface area (Å²) in [5, 5.41) is 7.70. The number of hydrogen-bond donors (Lipinski definition) is 2. The van der Waals surface area contributed by atoms with Crippen molar-refractivity contribution in [3.8, 4) is 6.07 Å². The summed E-state index contributed by atoms with van der Waals surface area (Å²) in [6.07, 6.45) is 0. The lowest BCUT2D eigenvalue weighted by molar-refractivity contribution is 1.52. The molecule has 5 heavy (non-hydrogen) atoms. The third-order valence-electron chi connectivity index (χ3n) is 0.100.